The number of pyridine rings is 1. The van der Waals surface area contributed by atoms with E-state index in [4.69, 9.17) is 4.74 Å². The molecule has 1 aromatic heterocycles. The first-order valence-electron chi connectivity index (χ1n) is 10.3. The summed E-state index contributed by atoms with van der Waals surface area (Å²) < 4.78 is 19.0. The van der Waals surface area contributed by atoms with E-state index in [1.54, 1.807) is 72.7 Å². The molecule has 2 N–H and O–H groups in total. The molecule has 164 valence electrons. The fraction of sp³-hybridized carbons (Fsp3) is 0.208. The Morgan fingerprint density at radius 1 is 1.12 bits per heavy atom. The van der Waals surface area contributed by atoms with Gasteiger partial charge in [0.05, 0.1) is 7.11 Å². The molecule has 32 heavy (non-hydrogen) atoms. The van der Waals surface area contributed by atoms with Crippen molar-refractivity contribution in [3.05, 3.63) is 72.8 Å². The number of nitrogens with zero attached hydrogens (tertiary/aromatic N) is 2. The maximum Gasteiger partial charge on any atom is 0.319 e. The molecule has 4 rings (SSSR count). The predicted molar refractivity (Wildman–Crippen MR) is 120 cm³/mol. The minimum atomic E-state index is -0.627. The maximum absolute atomic E-state index is 13.9. The minimum absolute atomic E-state index is 0.179. The third-order valence-electron chi connectivity index (χ3n) is 5.34. The van der Waals surface area contributed by atoms with Crippen molar-refractivity contribution in [1.82, 2.24) is 10.3 Å². The quantitative estimate of drug-likeness (QED) is 0.589. The third kappa shape index (κ3) is 4.69. The largest absolute Gasteiger partial charge is 0.497 e. The number of piperidine rings is 1. The van der Waals surface area contributed by atoms with E-state index in [1.165, 1.54) is 6.20 Å². The van der Waals surface area contributed by atoms with Gasteiger partial charge in [0, 0.05) is 29.7 Å². The van der Waals surface area contributed by atoms with Crippen molar-refractivity contribution in [2.45, 2.75) is 18.9 Å². The Bertz CT molecular complexity index is 1100. The molecule has 1 atom stereocenters. The van der Waals surface area contributed by atoms with Gasteiger partial charge in [0.2, 0.25) is 11.9 Å². The third-order valence-corrected chi connectivity index (χ3v) is 5.34. The molecule has 0 radical (unpaired) electrons. The second-order valence-electron chi connectivity index (χ2n) is 7.40. The van der Waals surface area contributed by atoms with Gasteiger partial charge in [-0.25, -0.2) is 9.78 Å². The van der Waals surface area contributed by atoms with Gasteiger partial charge in [-0.2, -0.15) is 4.39 Å². The zero-order valence-electron chi connectivity index (χ0n) is 17.5. The molecule has 0 aliphatic carbocycles. The van der Waals surface area contributed by atoms with Crippen molar-refractivity contribution in [2.24, 2.45) is 0 Å². The minimum Gasteiger partial charge on any atom is -0.497 e. The smallest absolute Gasteiger partial charge is 0.319 e. The topological polar surface area (TPSA) is 83.6 Å². The van der Waals surface area contributed by atoms with Gasteiger partial charge < -0.3 is 20.3 Å². The molecule has 2 aromatic carbocycles. The van der Waals surface area contributed by atoms with E-state index in [9.17, 15) is 14.0 Å². The van der Waals surface area contributed by atoms with E-state index in [0.717, 1.165) is 6.42 Å². The van der Waals surface area contributed by atoms with Crippen LogP contribution in [0.1, 0.15) is 12.8 Å². The normalized spacial score (nSPS) is 15.9. The average Bonchev–Trinajstić information content (AvgIpc) is 2.81. The number of urea groups is 1. The van der Waals surface area contributed by atoms with Crippen LogP contribution in [0, 0.1) is 5.95 Å². The highest BCUT2D eigenvalue weighted by Crippen LogP contribution is 2.27. The number of carbonyl (C=O) groups is 2. The number of carbonyl (C=O) groups excluding carboxylic acids is 2. The monoisotopic (exact) mass is 434 g/mol. The maximum atomic E-state index is 13.9. The first-order valence-corrected chi connectivity index (χ1v) is 10.3. The first-order chi connectivity index (χ1) is 15.5. The molecule has 1 aliphatic heterocycles. The van der Waals surface area contributed by atoms with Crippen LogP contribution in [0.15, 0.2) is 66.9 Å². The van der Waals surface area contributed by atoms with Crippen molar-refractivity contribution < 1.29 is 18.7 Å². The van der Waals surface area contributed by atoms with Gasteiger partial charge >= 0.3 is 6.03 Å². The molecule has 0 bridgehead atoms. The molecule has 1 aliphatic rings. The van der Waals surface area contributed by atoms with E-state index in [0.29, 0.717) is 41.2 Å². The summed E-state index contributed by atoms with van der Waals surface area (Å²) in [5.74, 6) is -0.0331. The Kier molecular flexibility index (Phi) is 6.30. The van der Waals surface area contributed by atoms with Crippen molar-refractivity contribution in [2.75, 3.05) is 23.9 Å². The predicted octanol–water partition coefficient (Wildman–Crippen LogP) is 4.21. The average molecular weight is 434 g/mol. The molecule has 0 saturated carbocycles. The molecule has 7 nitrogen and oxygen atoms in total. The van der Waals surface area contributed by atoms with Crippen LogP contribution in [0.4, 0.5) is 20.6 Å². The molecule has 2 heterocycles. The van der Waals surface area contributed by atoms with E-state index in [1.807, 2.05) is 0 Å². The Morgan fingerprint density at radius 3 is 2.56 bits per heavy atom. The Hall–Kier alpha value is -3.94. The highest BCUT2D eigenvalue weighted by atomic mass is 19.1. The van der Waals surface area contributed by atoms with E-state index >= 15 is 0 Å². The van der Waals surface area contributed by atoms with Crippen LogP contribution >= 0.6 is 0 Å². The van der Waals surface area contributed by atoms with E-state index in [2.05, 4.69) is 15.6 Å². The second kappa shape index (κ2) is 9.47. The lowest BCUT2D eigenvalue weighted by atomic mass is 10.0. The van der Waals surface area contributed by atoms with Gasteiger partial charge in [-0.1, -0.05) is 12.1 Å². The van der Waals surface area contributed by atoms with Crippen LogP contribution in [0.3, 0.4) is 0 Å². The molecule has 1 fully saturated rings. The fourth-order valence-electron chi connectivity index (χ4n) is 3.69. The number of anilines is 2. The summed E-state index contributed by atoms with van der Waals surface area (Å²) in [5.41, 5.74) is 2.38. The molecule has 0 spiro atoms. The SMILES string of the molecule is COc1ccc(NC(=O)N[C@@H]2CCCN(c3ccc(-c4cccnc4F)cc3)C2=O)cc1. The van der Waals surface area contributed by atoms with Crippen molar-refractivity contribution in [1.29, 1.82) is 0 Å². The fourth-order valence-corrected chi connectivity index (χ4v) is 3.69. The number of hydrogen-bond acceptors (Lipinski definition) is 4. The lowest BCUT2D eigenvalue weighted by Gasteiger charge is -2.32. The van der Waals surface area contributed by atoms with Crippen molar-refractivity contribution in [3.63, 3.8) is 0 Å². The summed E-state index contributed by atoms with van der Waals surface area (Å²) in [6.07, 6.45) is 2.71. The van der Waals surface area contributed by atoms with Gasteiger partial charge in [0.15, 0.2) is 0 Å². The zero-order valence-corrected chi connectivity index (χ0v) is 17.5. The van der Waals surface area contributed by atoms with Crippen LogP contribution in [0.2, 0.25) is 0 Å². The zero-order chi connectivity index (χ0) is 22.5. The number of rotatable bonds is 5. The highest BCUT2D eigenvalue weighted by molar-refractivity contribution is 6.01. The van der Waals surface area contributed by atoms with Gasteiger partial charge in [-0.3, -0.25) is 4.79 Å². The lowest BCUT2D eigenvalue weighted by Crippen LogP contribution is -2.53. The van der Waals surface area contributed by atoms with Crippen LogP contribution in [0.25, 0.3) is 11.1 Å². The number of halogens is 1. The van der Waals surface area contributed by atoms with Gasteiger partial charge in [0.25, 0.3) is 0 Å². The molecule has 3 aromatic rings. The number of ether oxygens (including phenoxy) is 1. The summed E-state index contributed by atoms with van der Waals surface area (Å²) in [5, 5.41) is 5.49. The number of aromatic nitrogens is 1. The molecular weight excluding hydrogens is 411 g/mol. The number of benzene rings is 2. The van der Waals surface area contributed by atoms with Crippen molar-refractivity contribution in [3.8, 4) is 16.9 Å². The summed E-state index contributed by atoms with van der Waals surface area (Å²) >= 11 is 0. The van der Waals surface area contributed by atoms with Gasteiger partial charge in [0.1, 0.15) is 11.8 Å². The second-order valence-corrected chi connectivity index (χ2v) is 7.40. The summed E-state index contributed by atoms with van der Waals surface area (Å²) in [6, 6.07) is 16.3. The molecular formula is C24H23FN4O3. The molecule has 8 heteroatoms. The van der Waals surface area contributed by atoms with Crippen LogP contribution in [-0.4, -0.2) is 36.6 Å². The summed E-state index contributed by atoms with van der Waals surface area (Å²) in [6.45, 7) is 0.553. The number of methoxy groups -OCH3 is 1. The standard InChI is InChI=1S/C24H23FN4O3/c1-32-19-12-8-17(9-13-19)27-24(31)28-21-5-3-15-29(23(21)30)18-10-6-16(7-11-18)20-4-2-14-26-22(20)25/h2,4,6-14,21H,3,5,15H2,1H3,(H2,27,28,31)/t21-/m1/s1. The highest BCUT2D eigenvalue weighted by Gasteiger charge is 2.30. The van der Waals surface area contributed by atoms with Crippen molar-refractivity contribution >= 4 is 23.3 Å². The van der Waals surface area contributed by atoms with Crippen LogP contribution < -0.4 is 20.3 Å². The Balaban J connectivity index is 1.41. The van der Waals surface area contributed by atoms with E-state index < -0.39 is 18.0 Å². The molecule has 0 unspecified atom stereocenters. The van der Waals surface area contributed by atoms with E-state index in [-0.39, 0.29) is 5.91 Å². The first kappa shape index (κ1) is 21.3. The van der Waals surface area contributed by atoms with Gasteiger partial charge in [-0.15, -0.1) is 0 Å². The number of amides is 3. The Labute approximate surface area is 185 Å². The summed E-state index contributed by atoms with van der Waals surface area (Å²) in [7, 11) is 1.57. The molecule has 1 saturated heterocycles. The summed E-state index contributed by atoms with van der Waals surface area (Å²) in [4.78, 5) is 30.7. The van der Waals surface area contributed by atoms with Gasteiger partial charge in [-0.05, 0) is 66.9 Å². The Morgan fingerprint density at radius 2 is 1.88 bits per heavy atom. The molecule has 3 amide bonds. The van der Waals surface area contributed by atoms with Crippen LogP contribution in [-0.2, 0) is 4.79 Å². The number of hydrogen-bond donors (Lipinski definition) is 2. The van der Waals surface area contributed by atoms with Crippen LogP contribution in [0.5, 0.6) is 5.75 Å². The lowest BCUT2D eigenvalue weighted by molar-refractivity contribution is -0.121. The number of nitrogens with one attached hydrogen (secondary N) is 2.